The molecule has 194 valence electrons. The summed E-state index contributed by atoms with van der Waals surface area (Å²) in [7, 11) is 1.93. The summed E-state index contributed by atoms with van der Waals surface area (Å²) >= 11 is 0. The lowest BCUT2D eigenvalue weighted by atomic mass is 10.0. The molecule has 0 spiro atoms. The van der Waals surface area contributed by atoms with Gasteiger partial charge in [-0.05, 0) is 57.9 Å². The molecule has 10 heteroatoms. The molecule has 1 amide bonds. The SMILES string of the molecule is Cc1cc(-c2nc(C(=O)Nc3cc4c(cc3N3CC[C@@H](O)C3)nc(CCC(C)(C)O)n4C)co2)ccn1. The quantitative estimate of drug-likeness (QED) is 0.349. The van der Waals surface area contributed by atoms with Gasteiger partial charge in [0.1, 0.15) is 12.1 Å². The number of imidazole rings is 1. The Labute approximate surface area is 215 Å². The Balaban J connectivity index is 1.47. The van der Waals surface area contributed by atoms with Gasteiger partial charge in [0.15, 0.2) is 5.69 Å². The summed E-state index contributed by atoms with van der Waals surface area (Å²) in [4.78, 5) is 28.7. The van der Waals surface area contributed by atoms with Crippen molar-refractivity contribution in [2.45, 2.75) is 51.7 Å². The van der Waals surface area contributed by atoms with E-state index in [1.807, 2.05) is 36.7 Å². The van der Waals surface area contributed by atoms with Gasteiger partial charge in [-0.3, -0.25) is 9.78 Å². The van der Waals surface area contributed by atoms with Gasteiger partial charge in [0.05, 0.1) is 34.1 Å². The van der Waals surface area contributed by atoms with Crippen LogP contribution < -0.4 is 10.2 Å². The second kappa shape index (κ2) is 9.60. The highest BCUT2D eigenvalue weighted by Crippen LogP contribution is 2.34. The Kier molecular flexibility index (Phi) is 6.47. The standard InChI is InChI=1S/C27H32N6O4/c1-16-11-17(6-9-28-16)26-31-21(15-37-26)25(35)30-20-12-22-19(13-23(20)33-10-7-18(34)14-33)29-24(32(22)4)5-8-27(2,3)36/h6,9,11-13,15,18,34,36H,5,7-8,10,14H2,1-4H3,(H,30,35)/t18-/m1/s1. The number of benzene rings is 1. The third kappa shape index (κ3) is 5.35. The van der Waals surface area contributed by atoms with Crippen LogP contribution >= 0.6 is 0 Å². The number of carbonyl (C=O) groups is 1. The zero-order chi connectivity index (χ0) is 26.3. The number of aliphatic hydroxyl groups is 2. The van der Waals surface area contributed by atoms with E-state index in [1.165, 1.54) is 6.26 Å². The lowest BCUT2D eigenvalue weighted by molar-refractivity contribution is 0.0706. The van der Waals surface area contributed by atoms with Crippen molar-refractivity contribution >= 4 is 28.3 Å². The first kappa shape index (κ1) is 24.9. The minimum atomic E-state index is -0.792. The molecule has 1 atom stereocenters. The lowest BCUT2D eigenvalue weighted by Gasteiger charge is -2.22. The number of amides is 1. The number of β-amino-alcohol motifs (C(OH)–C–C–N with tert-alkyl or cyclic N) is 1. The van der Waals surface area contributed by atoms with Crippen LogP contribution in [-0.4, -0.2) is 60.4 Å². The van der Waals surface area contributed by atoms with Gasteiger partial charge in [-0.1, -0.05) is 0 Å². The van der Waals surface area contributed by atoms with Crippen LogP contribution in [0.25, 0.3) is 22.5 Å². The lowest BCUT2D eigenvalue weighted by Crippen LogP contribution is -2.23. The zero-order valence-corrected chi connectivity index (χ0v) is 21.5. The predicted molar refractivity (Wildman–Crippen MR) is 141 cm³/mol. The number of oxazole rings is 1. The van der Waals surface area contributed by atoms with E-state index in [2.05, 4.69) is 20.2 Å². The number of aliphatic hydroxyl groups excluding tert-OH is 1. The maximum atomic E-state index is 13.2. The number of pyridine rings is 1. The fraction of sp³-hybridized carbons (Fsp3) is 0.407. The monoisotopic (exact) mass is 504 g/mol. The molecule has 0 radical (unpaired) electrons. The topological polar surface area (TPSA) is 130 Å². The first-order valence-corrected chi connectivity index (χ1v) is 12.4. The summed E-state index contributed by atoms with van der Waals surface area (Å²) in [6.07, 6.45) is 4.44. The summed E-state index contributed by atoms with van der Waals surface area (Å²) in [5.41, 5.74) is 3.98. The van der Waals surface area contributed by atoms with Crippen LogP contribution in [0.2, 0.25) is 0 Å². The number of hydrogen-bond acceptors (Lipinski definition) is 8. The second-order valence-electron chi connectivity index (χ2n) is 10.3. The first-order chi connectivity index (χ1) is 17.6. The Morgan fingerprint density at radius 2 is 2.08 bits per heavy atom. The largest absolute Gasteiger partial charge is 0.444 e. The number of nitrogens with one attached hydrogen (secondary N) is 1. The van der Waals surface area contributed by atoms with Crippen molar-refractivity contribution in [2.24, 2.45) is 7.05 Å². The van der Waals surface area contributed by atoms with Gasteiger partial charge in [0, 0.05) is 44.0 Å². The molecule has 4 heterocycles. The van der Waals surface area contributed by atoms with Crippen LogP contribution in [-0.2, 0) is 13.5 Å². The maximum Gasteiger partial charge on any atom is 0.277 e. The van der Waals surface area contributed by atoms with Crippen LogP contribution in [0.4, 0.5) is 11.4 Å². The minimum Gasteiger partial charge on any atom is -0.444 e. The van der Waals surface area contributed by atoms with E-state index in [-0.39, 0.29) is 5.69 Å². The maximum absolute atomic E-state index is 13.2. The summed E-state index contributed by atoms with van der Waals surface area (Å²) in [5.74, 6) is 0.796. The molecule has 37 heavy (non-hydrogen) atoms. The van der Waals surface area contributed by atoms with E-state index in [1.54, 1.807) is 26.1 Å². The predicted octanol–water partition coefficient (Wildman–Crippen LogP) is 3.46. The fourth-order valence-corrected chi connectivity index (χ4v) is 4.62. The van der Waals surface area contributed by atoms with Crippen molar-refractivity contribution < 1.29 is 19.4 Å². The van der Waals surface area contributed by atoms with Crippen molar-refractivity contribution in [3.05, 3.63) is 53.9 Å². The van der Waals surface area contributed by atoms with E-state index in [4.69, 9.17) is 9.40 Å². The van der Waals surface area contributed by atoms with Crippen LogP contribution in [0.15, 0.2) is 41.1 Å². The number of rotatable bonds is 7. The van der Waals surface area contributed by atoms with Crippen molar-refractivity contribution in [3.8, 4) is 11.5 Å². The highest BCUT2D eigenvalue weighted by Gasteiger charge is 2.26. The van der Waals surface area contributed by atoms with Gasteiger partial charge in [0.2, 0.25) is 5.89 Å². The molecule has 0 unspecified atom stereocenters. The van der Waals surface area contributed by atoms with Gasteiger partial charge in [-0.2, -0.15) is 0 Å². The Morgan fingerprint density at radius 1 is 1.27 bits per heavy atom. The van der Waals surface area contributed by atoms with Gasteiger partial charge in [-0.15, -0.1) is 0 Å². The Hall–Kier alpha value is -3.76. The molecule has 1 aromatic carbocycles. The third-order valence-electron chi connectivity index (χ3n) is 6.68. The van der Waals surface area contributed by atoms with Crippen LogP contribution in [0.3, 0.4) is 0 Å². The number of aryl methyl sites for hydroxylation is 3. The zero-order valence-electron chi connectivity index (χ0n) is 21.5. The molecule has 1 fully saturated rings. The van der Waals surface area contributed by atoms with Crippen LogP contribution in [0.5, 0.6) is 0 Å². The van der Waals surface area contributed by atoms with E-state index in [0.29, 0.717) is 43.9 Å². The Morgan fingerprint density at radius 3 is 2.78 bits per heavy atom. The summed E-state index contributed by atoms with van der Waals surface area (Å²) in [5, 5.41) is 23.3. The molecule has 4 aromatic rings. The van der Waals surface area contributed by atoms with E-state index >= 15 is 0 Å². The molecule has 10 nitrogen and oxygen atoms in total. The molecular formula is C27H32N6O4. The number of hydrogen-bond donors (Lipinski definition) is 3. The van der Waals surface area contributed by atoms with Crippen molar-refractivity contribution in [3.63, 3.8) is 0 Å². The number of nitrogens with zero attached hydrogens (tertiary/aromatic N) is 5. The average Bonchev–Trinajstić information content (AvgIpc) is 3.56. The Bertz CT molecular complexity index is 1450. The molecule has 1 aliphatic heterocycles. The first-order valence-electron chi connectivity index (χ1n) is 12.4. The smallest absolute Gasteiger partial charge is 0.277 e. The summed E-state index contributed by atoms with van der Waals surface area (Å²) < 4.78 is 7.56. The van der Waals surface area contributed by atoms with Crippen molar-refractivity contribution in [1.29, 1.82) is 0 Å². The molecule has 1 saturated heterocycles. The van der Waals surface area contributed by atoms with Crippen molar-refractivity contribution in [2.75, 3.05) is 23.3 Å². The van der Waals surface area contributed by atoms with E-state index in [0.717, 1.165) is 33.8 Å². The second-order valence-corrected chi connectivity index (χ2v) is 10.3. The van der Waals surface area contributed by atoms with Crippen LogP contribution in [0.1, 0.15) is 48.7 Å². The third-order valence-corrected chi connectivity index (χ3v) is 6.68. The highest BCUT2D eigenvalue weighted by molar-refractivity contribution is 6.06. The molecule has 0 aliphatic carbocycles. The molecule has 3 aromatic heterocycles. The number of anilines is 2. The van der Waals surface area contributed by atoms with Gasteiger partial charge >= 0.3 is 0 Å². The van der Waals surface area contributed by atoms with Crippen LogP contribution in [0, 0.1) is 6.92 Å². The van der Waals surface area contributed by atoms with E-state index < -0.39 is 17.6 Å². The van der Waals surface area contributed by atoms with E-state index in [9.17, 15) is 15.0 Å². The molecule has 3 N–H and O–H groups in total. The minimum absolute atomic E-state index is 0.160. The summed E-state index contributed by atoms with van der Waals surface area (Å²) in [6, 6.07) is 7.48. The normalized spacial score (nSPS) is 16.1. The van der Waals surface area contributed by atoms with Crippen molar-refractivity contribution in [1.82, 2.24) is 19.5 Å². The molecule has 0 bridgehead atoms. The number of aromatic nitrogens is 4. The molecule has 1 aliphatic rings. The molecule has 0 saturated carbocycles. The number of carbonyl (C=O) groups excluding carboxylic acids is 1. The fourth-order valence-electron chi connectivity index (χ4n) is 4.62. The number of fused-ring (bicyclic) bond motifs is 1. The highest BCUT2D eigenvalue weighted by atomic mass is 16.3. The summed E-state index contributed by atoms with van der Waals surface area (Å²) in [6.45, 7) is 6.59. The van der Waals surface area contributed by atoms with Gasteiger partial charge < -0.3 is 29.4 Å². The average molecular weight is 505 g/mol. The van der Waals surface area contributed by atoms with Gasteiger partial charge in [-0.25, -0.2) is 9.97 Å². The van der Waals surface area contributed by atoms with Gasteiger partial charge in [0.25, 0.3) is 5.91 Å². The molecule has 5 rings (SSSR count). The molecular weight excluding hydrogens is 472 g/mol.